The van der Waals surface area contributed by atoms with Crippen molar-refractivity contribution in [2.75, 3.05) is 6.61 Å². The summed E-state index contributed by atoms with van der Waals surface area (Å²) in [4.78, 5) is 0. The fraction of sp³-hybridized carbons (Fsp3) is 1.00. The number of hydrogen-bond donors (Lipinski definition) is 2. The van der Waals surface area contributed by atoms with Crippen molar-refractivity contribution < 1.29 is 9.84 Å². The minimum absolute atomic E-state index is 0.0891. The Kier molecular flexibility index (Phi) is 2.05. The third-order valence-corrected chi connectivity index (χ3v) is 1.75. The Balaban J connectivity index is 2.41. The Morgan fingerprint density at radius 1 is 1.67 bits per heavy atom. The molecule has 0 aromatic carbocycles. The molecule has 3 atom stereocenters. The van der Waals surface area contributed by atoms with Gasteiger partial charge < -0.3 is 15.6 Å². The van der Waals surface area contributed by atoms with Crippen molar-refractivity contribution in [3.63, 3.8) is 0 Å². The Labute approximate surface area is 54.8 Å². The second-order valence-electron chi connectivity index (χ2n) is 2.52. The molecule has 0 aliphatic carbocycles. The molecule has 0 saturated carbocycles. The standard InChI is InChI=1S/C6H13NO2/c1-4-6(8)5(7)2-3-9-4/h4-6,8H,2-3,7H2,1H3. The van der Waals surface area contributed by atoms with E-state index in [2.05, 4.69) is 0 Å². The predicted octanol–water partition coefficient (Wildman–Crippen LogP) is -0.517. The van der Waals surface area contributed by atoms with Gasteiger partial charge in [0, 0.05) is 12.6 Å². The molecule has 0 aromatic heterocycles. The van der Waals surface area contributed by atoms with E-state index in [1.54, 1.807) is 0 Å². The second-order valence-corrected chi connectivity index (χ2v) is 2.52. The first kappa shape index (κ1) is 6.99. The maximum Gasteiger partial charge on any atom is 0.0950 e. The van der Waals surface area contributed by atoms with Crippen LogP contribution in [0.3, 0.4) is 0 Å². The summed E-state index contributed by atoms with van der Waals surface area (Å²) >= 11 is 0. The first-order chi connectivity index (χ1) is 4.22. The highest BCUT2D eigenvalue weighted by atomic mass is 16.5. The van der Waals surface area contributed by atoms with E-state index in [1.165, 1.54) is 0 Å². The van der Waals surface area contributed by atoms with Crippen molar-refractivity contribution in [3.8, 4) is 0 Å². The van der Waals surface area contributed by atoms with Gasteiger partial charge in [-0.25, -0.2) is 0 Å². The zero-order valence-corrected chi connectivity index (χ0v) is 5.58. The Hall–Kier alpha value is -0.120. The van der Waals surface area contributed by atoms with Gasteiger partial charge in [0.15, 0.2) is 0 Å². The van der Waals surface area contributed by atoms with Crippen LogP contribution in [0.4, 0.5) is 0 Å². The third-order valence-electron chi connectivity index (χ3n) is 1.75. The van der Waals surface area contributed by atoms with Gasteiger partial charge in [-0.1, -0.05) is 0 Å². The van der Waals surface area contributed by atoms with Crippen molar-refractivity contribution in [1.82, 2.24) is 0 Å². The summed E-state index contributed by atoms with van der Waals surface area (Å²) in [5.41, 5.74) is 5.54. The summed E-state index contributed by atoms with van der Waals surface area (Å²) in [6, 6.07) is -0.0891. The number of rotatable bonds is 0. The summed E-state index contributed by atoms with van der Waals surface area (Å²) in [5, 5.41) is 9.20. The average molecular weight is 131 g/mol. The van der Waals surface area contributed by atoms with Crippen LogP contribution in [-0.2, 0) is 4.74 Å². The van der Waals surface area contributed by atoms with E-state index in [4.69, 9.17) is 10.5 Å². The number of aliphatic hydroxyl groups excluding tert-OH is 1. The van der Waals surface area contributed by atoms with Crippen molar-refractivity contribution in [1.29, 1.82) is 0 Å². The van der Waals surface area contributed by atoms with Crippen molar-refractivity contribution in [3.05, 3.63) is 0 Å². The summed E-state index contributed by atoms with van der Waals surface area (Å²) in [5.74, 6) is 0. The molecule has 1 rings (SSSR count). The first-order valence-electron chi connectivity index (χ1n) is 3.27. The maximum atomic E-state index is 9.20. The van der Waals surface area contributed by atoms with Crippen LogP contribution >= 0.6 is 0 Å². The molecule has 0 aromatic rings. The summed E-state index contributed by atoms with van der Waals surface area (Å²) < 4.78 is 5.13. The monoisotopic (exact) mass is 131 g/mol. The van der Waals surface area contributed by atoms with Crippen LogP contribution in [-0.4, -0.2) is 30.0 Å². The highest BCUT2D eigenvalue weighted by molar-refractivity contribution is 4.80. The lowest BCUT2D eigenvalue weighted by atomic mass is 10.0. The molecule has 3 N–H and O–H groups in total. The molecule has 1 fully saturated rings. The van der Waals surface area contributed by atoms with Crippen molar-refractivity contribution >= 4 is 0 Å². The predicted molar refractivity (Wildman–Crippen MR) is 34.0 cm³/mol. The molecule has 1 aliphatic rings. The van der Waals surface area contributed by atoms with Gasteiger partial charge in [0.1, 0.15) is 0 Å². The smallest absolute Gasteiger partial charge is 0.0950 e. The molecule has 9 heavy (non-hydrogen) atoms. The van der Waals surface area contributed by atoms with E-state index in [1.807, 2.05) is 6.92 Å². The first-order valence-corrected chi connectivity index (χ1v) is 3.27. The summed E-state index contributed by atoms with van der Waals surface area (Å²) in [6.07, 6.45) is 0.207. The minimum atomic E-state index is -0.473. The summed E-state index contributed by atoms with van der Waals surface area (Å²) in [6.45, 7) is 2.52. The quantitative estimate of drug-likeness (QED) is 0.465. The van der Waals surface area contributed by atoms with Gasteiger partial charge in [-0.15, -0.1) is 0 Å². The highest BCUT2D eigenvalue weighted by Crippen LogP contribution is 2.11. The molecular weight excluding hydrogens is 118 g/mol. The molecule has 0 bridgehead atoms. The molecule has 1 saturated heterocycles. The number of hydrogen-bond acceptors (Lipinski definition) is 3. The van der Waals surface area contributed by atoms with Gasteiger partial charge in [0.25, 0.3) is 0 Å². The lowest BCUT2D eigenvalue weighted by molar-refractivity contribution is -0.0739. The van der Waals surface area contributed by atoms with Gasteiger partial charge in [0.2, 0.25) is 0 Å². The SMILES string of the molecule is CC1OCCC(N)C1O. The van der Waals surface area contributed by atoms with E-state index in [0.717, 1.165) is 6.42 Å². The van der Waals surface area contributed by atoms with Gasteiger partial charge >= 0.3 is 0 Å². The molecule has 1 aliphatic heterocycles. The van der Waals surface area contributed by atoms with Gasteiger partial charge in [-0.2, -0.15) is 0 Å². The van der Waals surface area contributed by atoms with Gasteiger partial charge in [0.05, 0.1) is 12.2 Å². The number of aliphatic hydroxyl groups is 1. The van der Waals surface area contributed by atoms with Gasteiger partial charge in [-0.3, -0.25) is 0 Å². The molecule has 3 unspecified atom stereocenters. The number of nitrogens with two attached hydrogens (primary N) is 1. The Morgan fingerprint density at radius 2 is 2.33 bits per heavy atom. The third kappa shape index (κ3) is 1.41. The minimum Gasteiger partial charge on any atom is -0.389 e. The molecule has 3 nitrogen and oxygen atoms in total. The lowest BCUT2D eigenvalue weighted by Crippen LogP contribution is -2.47. The lowest BCUT2D eigenvalue weighted by Gasteiger charge is -2.30. The second kappa shape index (κ2) is 2.64. The van der Waals surface area contributed by atoms with E-state index < -0.39 is 6.10 Å². The molecule has 0 spiro atoms. The molecule has 1 heterocycles. The average Bonchev–Trinajstić information content (AvgIpc) is 1.83. The normalized spacial score (nSPS) is 45.0. The fourth-order valence-electron chi connectivity index (χ4n) is 1.01. The maximum absolute atomic E-state index is 9.20. The van der Waals surface area contributed by atoms with Crippen LogP contribution < -0.4 is 5.73 Å². The van der Waals surface area contributed by atoms with Crippen LogP contribution in [0, 0.1) is 0 Å². The fourth-order valence-corrected chi connectivity index (χ4v) is 1.01. The van der Waals surface area contributed by atoms with E-state index in [-0.39, 0.29) is 12.1 Å². The van der Waals surface area contributed by atoms with Crippen LogP contribution in [0.5, 0.6) is 0 Å². The molecule has 54 valence electrons. The van der Waals surface area contributed by atoms with Crippen LogP contribution in [0.1, 0.15) is 13.3 Å². The summed E-state index contributed by atoms with van der Waals surface area (Å²) in [7, 11) is 0. The van der Waals surface area contributed by atoms with Crippen LogP contribution in [0.25, 0.3) is 0 Å². The van der Waals surface area contributed by atoms with Crippen LogP contribution in [0.2, 0.25) is 0 Å². The van der Waals surface area contributed by atoms with Gasteiger partial charge in [-0.05, 0) is 13.3 Å². The Bertz CT molecular complexity index is 87.1. The van der Waals surface area contributed by atoms with Crippen LogP contribution in [0.15, 0.2) is 0 Å². The molecule has 3 heteroatoms. The highest BCUT2D eigenvalue weighted by Gasteiger charge is 2.26. The topological polar surface area (TPSA) is 55.5 Å². The van der Waals surface area contributed by atoms with E-state index in [0.29, 0.717) is 6.61 Å². The number of ether oxygens (including phenoxy) is 1. The van der Waals surface area contributed by atoms with Crippen molar-refractivity contribution in [2.24, 2.45) is 5.73 Å². The van der Waals surface area contributed by atoms with E-state index >= 15 is 0 Å². The molecule has 0 amide bonds. The Morgan fingerprint density at radius 3 is 2.78 bits per heavy atom. The van der Waals surface area contributed by atoms with Crippen molar-refractivity contribution in [2.45, 2.75) is 31.6 Å². The molecule has 0 radical (unpaired) electrons. The zero-order valence-electron chi connectivity index (χ0n) is 5.58. The van der Waals surface area contributed by atoms with E-state index in [9.17, 15) is 5.11 Å². The zero-order chi connectivity index (χ0) is 6.85. The largest absolute Gasteiger partial charge is 0.389 e. The molecular formula is C6H13NO2.